The topological polar surface area (TPSA) is 73.2 Å². The Morgan fingerprint density at radius 1 is 1.53 bits per heavy atom. The van der Waals surface area contributed by atoms with Gasteiger partial charge in [0.1, 0.15) is 0 Å². The van der Waals surface area contributed by atoms with Crippen LogP contribution in [0, 0.1) is 11.3 Å². The van der Waals surface area contributed by atoms with Crippen molar-refractivity contribution in [2.45, 2.75) is 38.6 Å². The van der Waals surface area contributed by atoms with Crippen LogP contribution < -0.4 is 4.72 Å². The van der Waals surface area contributed by atoms with Gasteiger partial charge in [0.15, 0.2) is 0 Å². The fraction of sp³-hybridized carbons (Fsp3) is 0.909. The number of sulfonamides is 1. The zero-order valence-corrected chi connectivity index (χ0v) is 11.2. The summed E-state index contributed by atoms with van der Waals surface area (Å²) in [6.07, 6.45) is 2.92. The summed E-state index contributed by atoms with van der Waals surface area (Å²) in [6.45, 7) is 4.64. The van der Waals surface area contributed by atoms with Crippen molar-refractivity contribution < 1.29 is 8.42 Å². The standard InChI is InChI=1S/C11H21N3O2S/c1-2-14-8-5-6-11(14)10-13-17(15,16)9-4-3-7-12/h11,13H,2-6,8-10H2,1H3/t11-/m1/s1. The van der Waals surface area contributed by atoms with Crippen molar-refractivity contribution in [1.29, 1.82) is 5.26 Å². The molecule has 0 amide bonds. The van der Waals surface area contributed by atoms with Gasteiger partial charge in [-0.25, -0.2) is 13.1 Å². The van der Waals surface area contributed by atoms with Gasteiger partial charge >= 0.3 is 0 Å². The molecular weight excluding hydrogens is 238 g/mol. The van der Waals surface area contributed by atoms with Gasteiger partial charge < -0.3 is 0 Å². The average molecular weight is 259 g/mol. The lowest BCUT2D eigenvalue weighted by atomic mass is 10.2. The largest absolute Gasteiger partial charge is 0.299 e. The molecular formula is C11H21N3O2S. The maximum atomic E-state index is 11.6. The number of unbranched alkanes of at least 4 members (excludes halogenated alkanes) is 1. The predicted molar refractivity (Wildman–Crippen MR) is 66.9 cm³/mol. The van der Waals surface area contributed by atoms with E-state index in [9.17, 15) is 8.42 Å². The highest BCUT2D eigenvalue weighted by Crippen LogP contribution is 2.15. The Balaban J connectivity index is 2.31. The second kappa shape index (κ2) is 6.94. The van der Waals surface area contributed by atoms with E-state index < -0.39 is 10.0 Å². The van der Waals surface area contributed by atoms with E-state index >= 15 is 0 Å². The minimum Gasteiger partial charge on any atom is -0.299 e. The summed E-state index contributed by atoms with van der Waals surface area (Å²) in [7, 11) is -3.20. The molecule has 1 rings (SSSR count). The molecule has 6 heteroatoms. The number of hydrogen-bond donors (Lipinski definition) is 1. The molecule has 1 atom stereocenters. The van der Waals surface area contributed by atoms with Crippen LogP contribution in [0.25, 0.3) is 0 Å². The van der Waals surface area contributed by atoms with Gasteiger partial charge in [0.2, 0.25) is 10.0 Å². The zero-order valence-electron chi connectivity index (χ0n) is 10.4. The molecule has 0 aromatic carbocycles. The van der Waals surface area contributed by atoms with Crippen LogP contribution in [0.4, 0.5) is 0 Å². The van der Waals surface area contributed by atoms with Crippen molar-refractivity contribution in [2.75, 3.05) is 25.4 Å². The molecule has 98 valence electrons. The van der Waals surface area contributed by atoms with Crippen LogP contribution in [0.1, 0.15) is 32.6 Å². The van der Waals surface area contributed by atoms with E-state index in [0.717, 1.165) is 25.9 Å². The van der Waals surface area contributed by atoms with Crippen LogP contribution in [-0.4, -0.2) is 44.7 Å². The molecule has 1 aliphatic heterocycles. The highest BCUT2D eigenvalue weighted by molar-refractivity contribution is 7.89. The maximum absolute atomic E-state index is 11.6. The van der Waals surface area contributed by atoms with E-state index in [4.69, 9.17) is 5.26 Å². The minimum absolute atomic E-state index is 0.0550. The molecule has 0 radical (unpaired) electrons. The minimum atomic E-state index is -3.20. The molecule has 0 saturated carbocycles. The van der Waals surface area contributed by atoms with Crippen molar-refractivity contribution in [3.63, 3.8) is 0 Å². The highest BCUT2D eigenvalue weighted by atomic mass is 32.2. The predicted octanol–water partition coefficient (Wildman–Crippen LogP) is 0.694. The maximum Gasteiger partial charge on any atom is 0.211 e. The van der Waals surface area contributed by atoms with Crippen molar-refractivity contribution in [1.82, 2.24) is 9.62 Å². The van der Waals surface area contributed by atoms with Gasteiger partial charge in [-0.1, -0.05) is 6.92 Å². The quantitative estimate of drug-likeness (QED) is 0.683. The van der Waals surface area contributed by atoms with E-state index in [1.54, 1.807) is 0 Å². The van der Waals surface area contributed by atoms with Crippen molar-refractivity contribution in [3.05, 3.63) is 0 Å². The molecule has 0 aromatic rings. The molecule has 1 saturated heterocycles. The van der Waals surface area contributed by atoms with Gasteiger partial charge in [-0.15, -0.1) is 0 Å². The van der Waals surface area contributed by atoms with Gasteiger partial charge in [0.05, 0.1) is 11.8 Å². The Labute approximate surface area is 104 Å². The molecule has 1 heterocycles. The first-order valence-corrected chi connectivity index (χ1v) is 7.82. The molecule has 1 N–H and O–H groups in total. The Bertz CT molecular complexity index is 361. The van der Waals surface area contributed by atoms with Gasteiger partial charge in [-0.3, -0.25) is 4.90 Å². The number of rotatable bonds is 7. The number of nitrogens with zero attached hydrogens (tertiary/aromatic N) is 2. The third kappa shape index (κ3) is 5.02. The number of nitriles is 1. The molecule has 17 heavy (non-hydrogen) atoms. The van der Waals surface area contributed by atoms with Crippen LogP contribution in [0.15, 0.2) is 0 Å². The monoisotopic (exact) mass is 259 g/mol. The van der Waals surface area contributed by atoms with Crippen LogP contribution in [0.3, 0.4) is 0 Å². The lowest BCUT2D eigenvalue weighted by Crippen LogP contribution is -2.40. The Kier molecular flexibility index (Phi) is 5.89. The first-order chi connectivity index (χ1) is 8.09. The first-order valence-electron chi connectivity index (χ1n) is 6.17. The molecule has 0 aliphatic carbocycles. The fourth-order valence-electron chi connectivity index (χ4n) is 2.18. The Morgan fingerprint density at radius 2 is 2.29 bits per heavy atom. The molecule has 0 spiro atoms. The lowest BCUT2D eigenvalue weighted by Gasteiger charge is -2.22. The normalized spacial score (nSPS) is 21.5. The van der Waals surface area contributed by atoms with Gasteiger partial charge in [0, 0.05) is 19.0 Å². The zero-order chi connectivity index (χ0) is 12.7. The van der Waals surface area contributed by atoms with Crippen molar-refractivity contribution in [3.8, 4) is 6.07 Å². The van der Waals surface area contributed by atoms with Crippen LogP contribution >= 0.6 is 0 Å². The molecule has 1 fully saturated rings. The van der Waals surface area contributed by atoms with E-state index in [0.29, 0.717) is 25.4 Å². The summed E-state index contributed by atoms with van der Waals surface area (Å²) < 4.78 is 25.9. The SMILES string of the molecule is CCN1CCC[C@@H]1CNS(=O)(=O)CCCC#N. The summed E-state index contributed by atoms with van der Waals surface area (Å²) in [5, 5.41) is 8.36. The first kappa shape index (κ1) is 14.4. The number of hydrogen-bond acceptors (Lipinski definition) is 4. The average Bonchev–Trinajstić information content (AvgIpc) is 2.74. The molecule has 5 nitrogen and oxygen atoms in total. The summed E-state index contributed by atoms with van der Waals surface area (Å²) >= 11 is 0. The van der Waals surface area contributed by atoms with Gasteiger partial charge in [-0.05, 0) is 32.4 Å². The van der Waals surface area contributed by atoms with Gasteiger partial charge in [-0.2, -0.15) is 5.26 Å². The molecule has 1 aliphatic rings. The van der Waals surface area contributed by atoms with Crippen LogP contribution in [-0.2, 0) is 10.0 Å². The third-order valence-electron chi connectivity index (χ3n) is 3.15. The summed E-state index contributed by atoms with van der Waals surface area (Å²) in [4.78, 5) is 2.30. The fourth-order valence-corrected chi connectivity index (χ4v) is 3.29. The summed E-state index contributed by atoms with van der Waals surface area (Å²) in [5.41, 5.74) is 0. The van der Waals surface area contributed by atoms with Gasteiger partial charge in [0.25, 0.3) is 0 Å². The highest BCUT2D eigenvalue weighted by Gasteiger charge is 2.24. The van der Waals surface area contributed by atoms with E-state index in [-0.39, 0.29) is 5.75 Å². The lowest BCUT2D eigenvalue weighted by molar-refractivity contribution is 0.268. The summed E-state index contributed by atoms with van der Waals surface area (Å²) in [5.74, 6) is 0.0550. The summed E-state index contributed by atoms with van der Waals surface area (Å²) in [6, 6.07) is 2.29. The Hall–Kier alpha value is -0.640. The number of likely N-dealkylation sites (tertiary alicyclic amines) is 1. The van der Waals surface area contributed by atoms with Crippen molar-refractivity contribution in [2.24, 2.45) is 0 Å². The van der Waals surface area contributed by atoms with Crippen LogP contribution in [0.5, 0.6) is 0 Å². The second-order valence-electron chi connectivity index (χ2n) is 4.35. The number of nitrogens with one attached hydrogen (secondary N) is 1. The number of likely N-dealkylation sites (N-methyl/N-ethyl adjacent to an activating group) is 1. The van der Waals surface area contributed by atoms with Crippen molar-refractivity contribution >= 4 is 10.0 Å². The molecule has 0 aromatic heterocycles. The molecule has 0 bridgehead atoms. The van der Waals surface area contributed by atoms with E-state index in [1.165, 1.54) is 0 Å². The Morgan fingerprint density at radius 3 is 2.94 bits per heavy atom. The second-order valence-corrected chi connectivity index (χ2v) is 6.28. The van der Waals surface area contributed by atoms with Crippen LogP contribution in [0.2, 0.25) is 0 Å². The van der Waals surface area contributed by atoms with E-state index in [1.807, 2.05) is 6.07 Å². The molecule has 0 unspecified atom stereocenters. The van der Waals surface area contributed by atoms with E-state index in [2.05, 4.69) is 16.5 Å². The smallest absolute Gasteiger partial charge is 0.211 e. The third-order valence-corrected chi connectivity index (χ3v) is 4.58.